The molecule has 3 aliphatic heterocycles. The van der Waals surface area contributed by atoms with Crippen molar-refractivity contribution in [2.75, 3.05) is 43.0 Å². The molecule has 5 rings (SSSR count). The van der Waals surface area contributed by atoms with Crippen LogP contribution in [-0.4, -0.2) is 60.3 Å². The van der Waals surface area contributed by atoms with Gasteiger partial charge in [0.15, 0.2) is 0 Å². The normalized spacial score (nSPS) is 20.8. The average Bonchev–Trinajstić information content (AvgIpc) is 3.33. The highest BCUT2D eigenvalue weighted by Crippen LogP contribution is 2.44. The van der Waals surface area contributed by atoms with E-state index >= 15 is 0 Å². The molecule has 35 heavy (non-hydrogen) atoms. The Labute approximate surface area is 203 Å². The number of anilines is 2. The first kappa shape index (κ1) is 22.9. The number of carbonyl (C=O) groups is 2. The number of halogens is 1. The molecule has 0 atom stereocenters. The van der Waals surface area contributed by atoms with Crippen LogP contribution in [0, 0.1) is 5.82 Å². The number of rotatable bonds is 3. The molecule has 2 aromatic rings. The summed E-state index contributed by atoms with van der Waals surface area (Å²) in [7, 11) is 0. The minimum atomic E-state index is -0.681. The van der Waals surface area contributed by atoms with Gasteiger partial charge in [-0.2, -0.15) is 0 Å². The average molecular weight is 479 g/mol. The monoisotopic (exact) mass is 478 g/mol. The molecule has 182 valence electrons. The molecule has 0 saturated carbocycles. The number of hydrogen-bond donors (Lipinski definition) is 1. The molecule has 9 heteroatoms. The molecule has 8 nitrogen and oxygen atoms in total. The molecule has 4 heterocycles. The lowest BCUT2D eigenvalue weighted by Gasteiger charge is -2.34. The second-order valence-electron chi connectivity index (χ2n) is 9.13. The van der Waals surface area contributed by atoms with Gasteiger partial charge >= 0.3 is 6.09 Å². The minimum absolute atomic E-state index is 0.278. The Morgan fingerprint density at radius 3 is 2.66 bits per heavy atom. The summed E-state index contributed by atoms with van der Waals surface area (Å²) in [4.78, 5) is 33.1. The molecule has 1 fully saturated rings. The SMILES string of the molecule is CCOC(=O)N1CCN(c2ccc(C3=C/C(=C4\C(=O)Nc5cc(F)ccc54)OC3(C)C)cn2)CC1. The Hall–Kier alpha value is -3.88. The molecular formula is C26H27FN4O4. The van der Waals surface area contributed by atoms with Crippen molar-refractivity contribution in [3.8, 4) is 0 Å². The second kappa shape index (κ2) is 8.72. The van der Waals surface area contributed by atoms with Crippen molar-refractivity contribution in [2.45, 2.75) is 26.4 Å². The van der Waals surface area contributed by atoms with E-state index in [1.54, 1.807) is 24.1 Å². The fourth-order valence-electron chi connectivity index (χ4n) is 4.67. The van der Waals surface area contributed by atoms with E-state index in [1.165, 1.54) is 12.1 Å². The zero-order valence-corrected chi connectivity index (χ0v) is 19.9. The van der Waals surface area contributed by atoms with Crippen molar-refractivity contribution in [1.82, 2.24) is 9.88 Å². The number of carbonyl (C=O) groups excluding carboxylic acids is 2. The van der Waals surface area contributed by atoms with Gasteiger partial charge in [-0.25, -0.2) is 14.2 Å². The highest BCUT2D eigenvalue weighted by atomic mass is 19.1. The maximum absolute atomic E-state index is 13.6. The third kappa shape index (κ3) is 4.22. The van der Waals surface area contributed by atoms with Crippen LogP contribution in [0.1, 0.15) is 31.9 Å². The van der Waals surface area contributed by atoms with Crippen LogP contribution < -0.4 is 10.2 Å². The standard InChI is InChI=1S/C26H27FN4O4/c1-4-34-25(33)31-11-9-30(10-12-31)22-8-5-16(15-28-22)19-14-21(35-26(19,2)3)23-18-7-6-17(27)13-20(18)29-24(23)32/h5-8,13-15H,4,9-12H2,1-3H3,(H,29,32)/b23-21+. The maximum atomic E-state index is 13.6. The molecule has 1 saturated heterocycles. The number of pyridine rings is 1. The lowest BCUT2D eigenvalue weighted by atomic mass is 9.93. The van der Waals surface area contributed by atoms with Crippen LogP contribution in [0.25, 0.3) is 11.1 Å². The summed E-state index contributed by atoms with van der Waals surface area (Å²) >= 11 is 0. The van der Waals surface area contributed by atoms with Gasteiger partial charge in [0.05, 0.1) is 17.9 Å². The molecule has 0 aliphatic carbocycles. The van der Waals surface area contributed by atoms with Crippen molar-refractivity contribution in [2.24, 2.45) is 0 Å². The van der Waals surface area contributed by atoms with Crippen molar-refractivity contribution < 1.29 is 23.5 Å². The first-order valence-electron chi connectivity index (χ1n) is 11.7. The van der Waals surface area contributed by atoms with Crippen molar-refractivity contribution >= 4 is 34.7 Å². The fourth-order valence-corrected chi connectivity index (χ4v) is 4.67. The number of hydrogen-bond acceptors (Lipinski definition) is 6. The topological polar surface area (TPSA) is 84.0 Å². The first-order valence-corrected chi connectivity index (χ1v) is 11.7. The van der Waals surface area contributed by atoms with Gasteiger partial charge in [0.2, 0.25) is 0 Å². The molecule has 2 amide bonds. The predicted octanol–water partition coefficient (Wildman–Crippen LogP) is 4.05. The van der Waals surface area contributed by atoms with E-state index in [9.17, 15) is 14.0 Å². The highest BCUT2D eigenvalue weighted by molar-refractivity contribution is 6.32. The van der Waals surface area contributed by atoms with Crippen LogP contribution in [-0.2, 0) is 14.3 Å². The molecule has 1 aromatic carbocycles. The Morgan fingerprint density at radius 2 is 1.97 bits per heavy atom. The summed E-state index contributed by atoms with van der Waals surface area (Å²) in [5.74, 6) is 0.559. The first-order chi connectivity index (χ1) is 16.8. The number of benzene rings is 1. The molecule has 1 aromatic heterocycles. The summed E-state index contributed by atoms with van der Waals surface area (Å²) in [5.41, 5.74) is 2.56. The van der Waals surface area contributed by atoms with Gasteiger partial charge in [0.1, 0.15) is 23.0 Å². The predicted molar refractivity (Wildman–Crippen MR) is 130 cm³/mol. The van der Waals surface area contributed by atoms with E-state index in [1.807, 2.05) is 32.1 Å². The molecule has 0 radical (unpaired) electrons. The van der Waals surface area contributed by atoms with Crippen molar-refractivity contribution in [3.05, 3.63) is 65.3 Å². The van der Waals surface area contributed by atoms with Crippen LogP contribution in [0.5, 0.6) is 0 Å². The number of nitrogens with zero attached hydrogens (tertiary/aromatic N) is 3. The van der Waals surface area contributed by atoms with Crippen LogP contribution in [0.2, 0.25) is 0 Å². The number of amides is 2. The lowest BCUT2D eigenvalue weighted by Crippen LogP contribution is -2.49. The van der Waals surface area contributed by atoms with Crippen LogP contribution in [0.15, 0.2) is 48.4 Å². The molecule has 1 N–H and O–H groups in total. The van der Waals surface area contributed by atoms with E-state index < -0.39 is 11.4 Å². The van der Waals surface area contributed by atoms with Crippen molar-refractivity contribution in [3.63, 3.8) is 0 Å². The van der Waals surface area contributed by atoms with Crippen LogP contribution in [0.4, 0.5) is 20.7 Å². The number of nitrogens with one attached hydrogen (secondary N) is 1. The molecule has 0 unspecified atom stereocenters. The van der Waals surface area contributed by atoms with E-state index in [0.29, 0.717) is 55.4 Å². The van der Waals surface area contributed by atoms with Gasteiger partial charge < -0.3 is 24.6 Å². The van der Waals surface area contributed by atoms with E-state index in [-0.39, 0.29) is 12.0 Å². The van der Waals surface area contributed by atoms with E-state index in [2.05, 4.69) is 15.2 Å². The van der Waals surface area contributed by atoms with E-state index in [4.69, 9.17) is 9.47 Å². The van der Waals surface area contributed by atoms with Gasteiger partial charge in [-0.05, 0) is 57.2 Å². The number of aromatic nitrogens is 1. The summed E-state index contributed by atoms with van der Waals surface area (Å²) < 4.78 is 24.9. The number of fused-ring (bicyclic) bond motifs is 1. The summed E-state index contributed by atoms with van der Waals surface area (Å²) in [6.45, 7) is 8.55. The smallest absolute Gasteiger partial charge is 0.409 e. The molecule has 0 bridgehead atoms. The van der Waals surface area contributed by atoms with Gasteiger partial charge in [-0.3, -0.25) is 4.79 Å². The third-order valence-corrected chi connectivity index (χ3v) is 6.45. The van der Waals surface area contributed by atoms with Crippen LogP contribution in [0.3, 0.4) is 0 Å². The molecular weight excluding hydrogens is 451 g/mol. The summed E-state index contributed by atoms with van der Waals surface area (Å²) in [6.07, 6.45) is 3.39. The Balaban J connectivity index is 1.37. The quantitative estimate of drug-likeness (QED) is 0.670. The van der Waals surface area contributed by atoms with Gasteiger partial charge in [0.25, 0.3) is 5.91 Å². The van der Waals surface area contributed by atoms with Crippen molar-refractivity contribution in [1.29, 1.82) is 0 Å². The number of ether oxygens (including phenoxy) is 2. The highest BCUT2D eigenvalue weighted by Gasteiger charge is 2.38. The summed E-state index contributed by atoms with van der Waals surface area (Å²) in [6, 6.07) is 8.17. The summed E-state index contributed by atoms with van der Waals surface area (Å²) in [5, 5.41) is 2.71. The maximum Gasteiger partial charge on any atom is 0.409 e. The van der Waals surface area contributed by atoms with Gasteiger partial charge in [-0.1, -0.05) is 0 Å². The van der Waals surface area contributed by atoms with Gasteiger partial charge in [-0.15, -0.1) is 0 Å². The van der Waals surface area contributed by atoms with E-state index in [0.717, 1.165) is 17.0 Å². The third-order valence-electron chi connectivity index (χ3n) is 6.45. The largest absolute Gasteiger partial charge is 0.482 e. The zero-order valence-electron chi connectivity index (χ0n) is 19.9. The fraction of sp³-hybridized carbons (Fsp3) is 0.346. The lowest BCUT2D eigenvalue weighted by molar-refractivity contribution is -0.111. The Kier molecular flexibility index (Phi) is 5.70. The van der Waals surface area contributed by atoms with Crippen LogP contribution >= 0.6 is 0 Å². The molecule has 0 spiro atoms. The minimum Gasteiger partial charge on any atom is -0.482 e. The number of allylic oxidation sites excluding steroid dienone is 1. The zero-order chi connectivity index (χ0) is 24.7. The number of piperazine rings is 1. The Bertz CT molecular complexity index is 1240. The second-order valence-corrected chi connectivity index (χ2v) is 9.13. The van der Waals surface area contributed by atoms with Gasteiger partial charge in [0, 0.05) is 49.1 Å². The molecule has 3 aliphatic rings. The Morgan fingerprint density at radius 1 is 1.20 bits per heavy atom.